The van der Waals surface area contributed by atoms with Crippen LogP contribution in [0.4, 0.5) is 0 Å². The smallest absolute Gasteiger partial charge is 0.271 e. The lowest BCUT2D eigenvalue weighted by molar-refractivity contribution is 0.0950. The molecule has 1 aromatic heterocycles. The second kappa shape index (κ2) is 7.88. The Bertz CT molecular complexity index is 566. The number of hydrogen-bond donors (Lipinski definition) is 1. The first-order valence-electron chi connectivity index (χ1n) is 7.12. The van der Waals surface area contributed by atoms with Gasteiger partial charge in [0.2, 0.25) is 0 Å². The highest BCUT2D eigenvalue weighted by Crippen LogP contribution is 2.10. The standard InChI is InChI=1S/C16H21N3OS/c1-13(2)19-10-8-15(18-19)16(20)17-9-11-21-12-14-6-4-3-5-7-14/h3-8,10,13H,9,11-12H2,1-2H3,(H,17,20). The molecule has 2 aromatic rings. The molecule has 112 valence electrons. The molecule has 2 rings (SSSR count). The summed E-state index contributed by atoms with van der Waals surface area (Å²) in [6.45, 7) is 4.73. The normalized spacial score (nSPS) is 10.8. The van der Waals surface area contributed by atoms with Crippen molar-refractivity contribution in [3.05, 3.63) is 53.9 Å². The largest absolute Gasteiger partial charge is 0.350 e. The Labute approximate surface area is 129 Å². The molecule has 0 saturated heterocycles. The van der Waals surface area contributed by atoms with E-state index in [1.54, 1.807) is 10.7 Å². The van der Waals surface area contributed by atoms with Gasteiger partial charge in [0.1, 0.15) is 5.69 Å². The fourth-order valence-corrected chi connectivity index (χ4v) is 2.66. The van der Waals surface area contributed by atoms with Crippen molar-refractivity contribution in [2.24, 2.45) is 0 Å². The van der Waals surface area contributed by atoms with Gasteiger partial charge in [-0.1, -0.05) is 30.3 Å². The fourth-order valence-electron chi connectivity index (χ4n) is 1.84. The Morgan fingerprint density at radius 2 is 2.05 bits per heavy atom. The summed E-state index contributed by atoms with van der Waals surface area (Å²) >= 11 is 1.81. The van der Waals surface area contributed by atoms with Gasteiger partial charge in [-0.15, -0.1) is 0 Å². The van der Waals surface area contributed by atoms with Crippen molar-refractivity contribution in [2.75, 3.05) is 12.3 Å². The van der Waals surface area contributed by atoms with Crippen molar-refractivity contribution < 1.29 is 4.79 Å². The first kappa shape index (κ1) is 15.6. The number of benzene rings is 1. The summed E-state index contributed by atoms with van der Waals surface area (Å²) in [4.78, 5) is 11.9. The third-order valence-corrected chi connectivity index (χ3v) is 4.04. The van der Waals surface area contributed by atoms with E-state index in [-0.39, 0.29) is 11.9 Å². The highest BCUT2D eigenvalue weighted by Gasteiger charge is 2.09. The summed E-state index contributed by atoms with van der Waals surface area (Å²) in [5, 5.41) is 7.16. The van der Waals surface area contributed by atoms with Gasteiger partial charge >= 0.3 is 0 Å². The minimum atomic E-state index is -0.102. The van der Waals surface area contributed by atoms with Gasteiger partial charge in [0.25, 0.3) is 5.91 Å². The molecule has 1 heterocycles. The number of nitrogens with one attached hydrogen (secondary N) is 1. The van der Waals surface area contributed by atoms with Crippen LogP contribution in [-0.4, -0.2) is 28.0 Å². The molecular formula is C16H21N3OS. The quantitative estimate of drug-likeness (QED) is 0.799. The summed E-state index contributed by atoms with van der Waals surface area (Å²) in [5.74, 6) is 1.76. The van der Waals surface area contributed by atoms with Crippen LogP contribution in [0.1, 0.15) is 35.9 Å². The second-order valence-electron chi connectivity index (χ2n) is 5.07. The van der Waals surface area contributed by atoms with Crippen molar-refractivity contribution in [1.29, 1.82) is 0 Å². The molecule has 1 amide bonds. The Balaban J connectivity index is 1.67. The van der Waals surface area contributed by atoms with Crippen LogP contribution in [-0.2, 0) is 5.75 Å². The third-order valence-electron chi connectivity index (χ3n) is 3.01. The summed E-state index contributed by atoms with van der Waals surface area (Å²) < 4.78 is 1.79. The maximum Gasteiger partial charge on any atom is 0.271 e. The van der Waals surface area contributed by atoms with Crippen molar-refractivity contribution in [3.63, 3.8) is 0 Å². The minimum Gasteiger partial charge on any atom is -0.350 e. The zero-order chi connectivity index (χ0) is 15.1. The zero-order valence-electron chi connectivity index (χ0n) is 12.5. The van der Waals surface area contributed by atoms with Gasteiger partial charge in [0.05, 0.1) is 0 Å². The van der Waals surface area contributed by atoms with Crippen molar-refractivity contribution in [3.8, 4) is 0 Å². The Kier molecular flexibility index (Phi) is 5.87. The van der Waals surface area contributed by atoms with E-state index in [1.165, 1.54) is 5.56 Å². The number of amides is 1. The van der Waals surface area contributed by atoms with Gasteiger partial charge in [-0.25, -0.2) is 0 Å². The van der Waals surface area contributed by atoms with Gasteiger partial charge in [-0.3, -0.25) is 9.48 Å². The lowest BCUT2D eigenvalue weighted by Gasteiger charge is -2.05. The summed E-state index contributed by atoms with van der Waals surface area (Å²) in [6, 6.07) is 12.4. The fraction of sp³-hybridized carbons (Fsp3) is 0.375. The number of thioether (sulfide) groups is 1. The maximum atomic E-state index is 11.9. The van der Waals surface area contributed by atoms with Crippen LogP contribution in [0.25, 0.3) is 0 Å². The average molecular weight is 303 g/mol. The van der Waals surface area contributed by atoms with Crippen molar-refractivity contribution in [2.45, 2.75) is 25.6 Å². The molecule has 4 nitrogen and oxygen atoms in total. The van der Waals surface area contributed by atoms with E-state index in [0.717, 1.165) is 11.5 Å². The van der Waals surface area contributed by atoms with E-state index in [1.807, 2.05) is 50.0 Å². The number of aromatic nitrogens is 2. The lowest BCUT2D eigenvalue weighted by Crippen LogP contribution is -2.26. The summed E-state index contributed by atoms with van der Waals surface area (Å²) in [6.07, 6.45) is 1.84. The number of nitrogens with zero attached hydrogens (tertiary/aromatic N) is 2. The highest BCUT2D eigenvalue weighted by molar-refractivity contribution is 7.98. The van der Waals surface area contributed by atoms with E-state index < -0.39 is 0 Å². The Hall–Kier alpha value is -1.75. The van der Waals surface area contributed by atoms with Crippen molar-refractivity contribution in [1.82, 2.24) is 15.1 Å². The predicted molar refractivity (Wildman–Crippen MR) is 87.5 cm³/mol. The molecule has 21 heavy (non-hydrogen) atoms. The maximum absolute atomic E-state index is 11.9. The Morgan fingerprint density at radius 3 is 2.71 bits per heavy atom. The topological polar surface area (TPSA) is 46.9 Å². The zero-order valence-corrected chi connectivity index (χ0v) is 13.3. The molecule has 0 spiro atoms. The predicted octanol–water partition coefficient (Wildman–Crippen LogP) is 3.13. The molecule has 0 aliphatic rings. The van der Waals surface area contributed by atoms with Gasteiger partial charge in [-0.2, -0.15) is 16.9 Å². The van der Waals surface area contributed by atoms with Gasteiger partial charge in [-0.05, 0) is 25.5 Å². The first-order chi connectivity index (χ1) is 10.2. The van der Waals surface area contributed by atoms with Crippen molar-refractivity contribution >= 4 is 17.7 Å². The van der Waals surface area contributed by atoms with Crippen LogP contribution in [0.3, 0.4) is 0 Å². The summed E-state index contributed by atoms with van der Waals surface area (Å²) in [7, 11) is 0. The number of rotatable bonds is 7. The molecule has 0 atom stereocenters. The van der Waals surface area contributed by atoms with Gasteiger partial charge < -0.3 is 5.32 Å². The molecule has 5 heteroatoms. The average Bonchev–Trinajstić information content (AvgIpc) is 2.98. The van der Waals surface area contributed by atoms with Crippen LogP contribution < -0.4 is 5.32 Å². The molecule has 1 aromatic carbocycles. The van der Waals surface area contributed by atoms with Crippen LogP contribution >= 0.6 is 11.8 Å². The number of hydrogen-bond acceptors (Lipinski definition) is 3. The van der Waals surface area contributed by atoms with Crippen LogP contribution in [0.5, 0.6) is 0 Å². The first-order valence-corrected chi connectivity index (χ1v) is 8.27. The van der Waals surface area contributed by atoms with Crippen LogP contribution in [0, 0.1) is 0 Å². The van der Waals surface area contributed by atoms with E-state index in [0.29, 0.717) is 12.2 Å². The third kappa shape index (κ3) is 4.93. The van der Waals surface area contributed by atoms with Crippen LogP contribution in [0.15, 0.2) is 42.6 Å². The second-order valence-corrected chi connectivity index (χ2v) is 6.17. The van der Waals surface area contributed by atoms with E-state index in [2.05, 4.69) is 22.5 Å². The SMILES string of the molecule is CC(C)n1ccc(C(=O)NCCSCc2ccccc2)n1. The monoisotopic (exact) mass is 303 g/mol. The lowest BCUT2D eigenvalue weighted by atomic mass is 10.2. The molecule has 0 saturated carbocycles. The summed E-state index contributed by atoms with van der Waals surface area (Å²) in [5.41, 5.74) is 1.79. The molecular weight excluding hydrogens is 282 g/mol. The van der Waals surface area contributed by atoms with Gasteiger partial charge in [0.15, 0.2) is 0 Å². The highest BCUT2D eigenvalue weighted by atomic mass is 32.2. The number of carbonyl (C=O) groups excluding carboxylic acids is 1. The molecule has 0 unspecified atom stereocenters. The molecule has 0 bridgehead atoms. The number of carbonyl (C=O) groups is 1. The van der Waals surface area contributed by atoms with E-state index in [9.17, 15) is 4.79 Å². The van der Waals surface area contributed by atoms with E-state index in [4.69, 9.17) is 0 Å². The molecule has 0 aliphatic carbocycles. The molecule has 0 radical (unpaired) electrons. The molecule has 1 N–H and O–H groups in total. The minimum absolute atomic E-state index is 0.102. The molecule has 0 aliphatic heterocycles. The van der Waals surface area contributed by atoms with Gasteiger partial charge in [0, 0.05) is 30.3 Å². The van der Waals surface area contributed by atoms with E-state index >= 15 is 0 Å². The Morgan fingerprint density at radius 1 is 1.29 bits per heavy atom. The molecule has 0 fully saturated rings. The van der Waals surface area contributed by atoms with Crippen LogP contribution in [0.2, 0.25) is 0 Å².